The third-order valence-corrected chi connectivity index (χ3v) is 7.03. The van der Waals surface area contributed by atoms with E-state index in [1.807, 2.05) is 6.92 Å². The Hall–Kier alpha value is -2.51. The SMILES string of the molecule is C[C@H](Cc1ccc(S(=O)(=O)c2ccc(C(=O)O)cc2)cc1)NC[C@@H](O)c1cccc(C#N)c1.[NaH]. The predicted molar refractivity (Wildman–Crippen MR) is 130 cm³/mol. The van der Waals surface area contributed by atoms with E-state index in [9.17, 15) is 18.3 Å². The minimum absolute atomic E-state index is 0. The number of hydrogen-bond acceptors (Lipinski definition) is 6. The van der Waals surface area contributed by atoms with Crippen LogP contribution in [0.5, 0.6) is 0 Å². The zero-order valence-electron chi connectivity index (χ0n) is 18.0. The summed E-state index contributed by atoms with van der Waals surface area (Å²) in [6.07, 6.45) is -0.126. The van der Waals surface area contributed by atoms with Crippen molar-refractivity contribution < 1.29 is 23.4 Å². The van der Waals surface area contributed by atoms with E-state index in [2.05, 4.69) is 11.4 Å². The second-order valence-electron chi connectivity index (χ2n) is 7.74. The Balaban J connectivity index is 0.00000408. The Morgan fingerprint density at radius 2 is 1.62 bits per heavy atom. The summed E-state index contributed by atoms with van der Waals surface area (Å²) in [5.41, 5.74) is 2.11. The van der Waals surface area contributed by atoms with Crippen LogP contribution in [-0.4, -0.2) is 66.7 Å². The molecule has 3 rings (SSSR count). The number of carbonyl (C=O) groups is 1. The summed E-state index contributed by atoms with van der Waals surface area (Å²) in [7, 11) is -3.75. The molecule has 0 aliphatic carbocycles. The van der Waals surface area contributed by atoms with Gasteiger partial charge in [-0.05, 0) is 73.0 Å². The fourth-order valence-corrected chi connectivity index (χ4v) is 4.65. The van der Waals surface area contributed by atoms with Gasteiger partial charge in [0.1, 0.15) is 0 Å². The third-order valence-electron chi connectivity index (χ3n) is 5.25. The molecule has 2 atom stereocenters. The van der Waals surface area contributed by atoms with Crippen LogP contribution in [0.4, 0.5) is 0 Å². The van der Waals surface area contributed by atoms with Crippen molar-refractivity contribution >= 4 is 45.4 Å². The van der Waals surface area contributed by atoms with Crippen LogP contribution in [0.15, 0.2) is 82.6 Å². The zero-order valence-corrected chi connectivity index (χ0v) is 18.8. The molecule has 9 heteroatoms. The topological polar surface area (TPSA) is 127 Å². The van der Waals surface area contributed by atoms with Crippen molar-refractivity contribution in [3.63, 3.8) is 0 Å². The van der Waals surface area contributed by atoms with Gasteiger partial charge >= 0.3 is 35.5 Å². The number of nitrogens with one attached hydrogen (secondary N) is 1. The van der Waals surface area contributed by atoms with Gasteiger partial charge in [0.05, 0.1) is 33.1 Å². The van der Waals surface area contributed by atoms with E-state index < -0.39 is 21.9 Å². The molecule has 3 N–H and O–H groups in total. The number of carboxylic acid groups (broad SMARTS) is 1. The number of sulfone groups is 1. The van der Waals surface area contributed by atoms with E-state index in [1.54, 1.807) is 36.4 Å². The Labute approximate surface area is 221 Å². The van der Waals surface area contributed by atoms with Crippen molar-refractivity contribution in [1.82, 2.24) is 5.32 Å². The van der Waals surface area contributed by atoms with Gasteiger partial charge < -0.3 is 15.5 Å². The van der Waals surface area contributed by atoms with Gasteiger partial charge in [0.25, 0.3) is 0 Å². The molecule has 7 nitrogen and oxygen atoms in total. The van der Waals surface area contributed by atoms with Gasteiger partial charge in [-0.25, -0.2) is 13.2 Å². The molecule has 0 aliphatic heterocycles. The first kappa shape index (κ1) is 27.7. The Morgan fingerprint density at radius 3 is 2.18 bits per heavy atom. The first-order valence-corrected chi connectivity index (χ1v) is 11.8. The average molecular weight is 489 g/mol. The molecule has 0 bridgehead atoms. The molecule has 3 aromatic carbocycles. The summed E-state index contributed by atoms with van der Waals surface area (Å²) >= 11 is 0. The first-order chi connectivity index (χ1) is 15.7. The minimum atomic E-state index is -3.75. The monoisotopic (exact) mass is 488 g/mol. The van der Waals surface area contributed by atoms with E-state index in [-0.39, 0.29) is 51.0 Å². The second-order valence-corrected chi connectivity index (χ2v) is 9.69. The van der Waals surface area contributed by atoms with Crippen LogP contribution in [0.2, 0.25) is 0 Å². The summed E-state index contributed by atoms with van der Waals surface area (Å²) in [5, 5.41) is 31.6. The van der Waals surface area contributed by atoms with Crippen LogP contribution in [0.1, 0.15) is 40.1 Å². The zero-order chi connectivity index (χ0) is 24.0. The number of aromatic carboxylic acids is 1. The van der Waals surface area contributed by atoms with Crippen molar-refractivity contribution in [3.05, 3.63) is 95.1 Å². The van der Waals surface area contributed by atoms with Crippen LogP contribution < -0.4 is 5.32 Å². The van der Waals surface area contributed by atoms with Crippen molar-refractivity contribution in [1.29, 1.82) is 5.26 Å². The number of benzene rings is 3. The summed E-state index contributed by atoms with van der Waals surface area (Å²) < 4.78 is 25.6. The van der Waals surface area contributed by atoms with Gasteiger partial charge in [0.2, 0.25) is 9.84 Å². The number of carboxylic acids is 1. The van der Waals surface area contributed by atoms with E-state index in [4.69, 9.17) is 10.4 Å². The molecule has 0 saturated heterocycles. The van der Waals surface area contributed by atoms with E-state index in [0.717, 1.165) is 5.56 Å². The Morgan fingerprint density at radius 1 is 1.03 bits per heavy atom. The van der Waals surface area contributed by atoms with Gasteiger partial charge in [0.15, 0.2) is 0 Å². The molecular weight excluding hydrogens is 463 g/mol. The fraction of sp³-hybridized carbons (Fsp3) is 0.200. The van der Waals surface area contributed by atoms with Gasteiger partial charge in [0, 0.05) is 12.6 Å². The van der Waals surface area contributed by atoms with Crippen molar-refractivity contribution in [2.45, 2.75) is 35.3 Å². The standard InChI is InChI=1S/C25H24N2O5S.Na.H/c1-17(27-16-24(28)21-4-2-3-19(14-21)15-26)13-18-5-9-22(10-6-18)33(31,32)23-11-7-20(8-12-23)25(29)30;;/h2-12,14,17,24,27-28H,13,16H2,1H3,(H,29,30);;/t17-,24-;;/m1../s1. The molecule has 0 spiro atoms. The molecule has 0 fully saturated rings. The fourth-order valence-electron chi connectivity index (χ4n) is 3.39. The van der Waals surface area contributed by atoms with Gasteiger partial charge in [-0.15, -0.1) is 0 Å². The summed E-state index contributed by atoms with van der Waals surface area (Å²) in [6, 6.07) is 20.6. The number of hydrogen-bond donors (Lipinski definition) is 3. The number of aliphatic hydroxyl groups excluding tert-OH is 1. The molecule has 0 heterocycles. The number of nitrogens with zero attached hydrogens (tertiary/aromatic N) is 1. The van der Waals surface area contributed by atoms with Crippen LogP contribution in [-0.2, 0) is 16.3 Å². The molecule has 0 aliphatic rings. The Bertz CT molecular complexity index is 1270. The molecule has 3 aromatic rings. The van der Waals surface area contributed by atoms with Gasteiger partial charge in [-0.1, -0.05) is 24.3 Å². The molecule has 172 valence electrons. The van der Waals surface area contributed by atoms with Crippen LogP contribution in [0.3, 0.4) is 0 Å². The predicted octanol–water partition coefficient (Wildman–Crippen LogP) is 2.69. The number of aliphatic hydroxyl groups is 1. The van der Waals surface area contributed by atoms with Crippen molar-refractivity contribution in [2.75, 3.05) is 6.54 Å². The van der Waals surface area contributed by atoms with E-state index in [0.29, 0.717) is 24.1 Å². The van der Waals surface area contributed by atoms with Gasteiger partial charge in [-0.2, -0.15) is 5.26 Å². The molecule has 34 heavy (non-hydrogen) atoms. The molecule has 0 aromatic heterocycles. The van der Waals surface area contributed by atoms with Crippen molar-refractivity contribution in [3.8, 4) is 6.07 Å². The summed E-state index contributed by atoms with van der Waals surface area (Å²) in [6.45, 7) is 2.28. The molecule has 0 amide bonds. The van der Waals surface area contributed by atoms with Gasteiger partial charge in [-0.3, -0.25) is 0 Å². The molecule has 0 saturated carbocycles. The third kappa shape index (κ3) is 7.00. The van der Waals surface area contributed by atoms with Crippen molar-refractivity contribution in [2.24, 2.45) is 0 Å². The number of rotatable bonds is 9. The summed E-state index contributed by atoms with van der Waals surface area (Å²) in [5.74, 6) is -1.12. The van der Waals surface area contributed by atoms with Crippen LogP contribution in [0, 0.1) is 11.3 Å². The van der Waals surface area contributed by atoms with Crippen LogP contribution in [0.25, 0.3) is 0 Å². The van der Waals surface area contributed by atoms with Crippen LogP contribution >= 0.6 is 0 Å². The maximum absolute atomic E-state index is 12.8. The maximum atomic E-state index is 12.8. The second kappa shape index (κ2) is 12.3. The Kier molecular flexibility index (Phi) is 10.0. The average Bonchev–Trinajstić information content (AvgIpc) is 2.83. The quantitative estimate of drug-likeness (QED) is 0.395. The number of nitriles is 1. The normalized spacial score (nSPS) is 12.7. The molecule has 0 unspecified atom stereocenters. The molecular formula is C25H25N2NaO5S. The summed E-state index contributed by atoms with van der Waals surface area (Å²) in [4.78, 5) is 11.1. The molecule has 0 radical (unpaired) electrons. The van der Waals surface area contributed by atoms with E-state index in [1.165, 1.54) is 36.4 Å². The van der Waals surface area contributed by atoms with E-state index >= 15 is 0 Å². The first-order valence-electron chi connectivity index (χ1n) is 10.3.